The Labute approximate surface area is 118 Å². The summed E-state index contributed by atoms with van der Waals surface area (Å²) in [6, 6.07) is 0. The van der Waals surface area contributed by atoms with E-state index in [1.54, 1.807) is 7.11 Å². The van der Waals surface area contributed by atoms with Gasteiger partial charge in [-0.25, -0.2) is 0 Å². The van der Waals surface area contributed by atoms with Crippen LogP contribution < -0.4 is 4.74 Å². The van der Waals surface area contributed by atoms with Gasteiger partial charge in [0, 0.05) is 27.8 Å². The Morgan fingerprint density at radius 2 is 2.11 bits per heavy atom. The van der Waals surface area contributed by atoms with E-state index < -0.39 is 0 Å². The molecule has 3 unspecified atom stereocenters. The van der Waals surface area contributed by atoms with Crippen LogP contribution in [0, 0.1) is 25.7 Å². The van der Waals surface area contributed by atoms with Crippen molar-refractivity contribution in [2.24, 2.45) is 11.8 Å². The minimum Gasteiger partial charge on any atom is -0.496 e. The van der Waals surface area contributed by atoms with E-state index in [4.69, 9.17) is 4.74 Å². The molecule has 2 rings (SSSR count). The molecule has 0 N–H and O–H groups in total. The summed E-state index contributed by atoms with van der Waals surface area (Å²) in [4.78, 5) is 5.29. The zero-order valence-corrected chi connectivity index (χ0v) is 13.3. The molecular formula is C15H22BrNO. The van der Waals surface area contributed by atoms with E-state index in [2.05, 4.69) is 41.7 Å². The first-order valence-electron chi connectivity index (χ1n) is 6.67. The van der Waals surface area contributed by atoms with Crippen molar-refractivity contribution in [3.8, 4) is 5.75 Å². The lowest BCUT2D eigenvalue weighted by Crippen LogP contribution is -2.14. The Morgan fingerprint density at radius 3 is 2.67 bits per heavy atom. The van der Waals surface area contributed by atoms with Crippen molar-refractivity contribution in [2.45, 2.75) is 44.9 Å². The van der Waals surface area contributed by atoms with Gasteiger partial charge in [-0.05, 0) is 44.9 Å². The highest BCUT2D eigenvalue weighted by atomic mass is 79.9. The van der Waals surface area contributed by atoms with E-state index in [1.165, 1.54) is 24.1 Å². The summed E-state index contributed by atoms with van der Waals surface area (Å²) in [5.74, 6) is 2.48. The van der Waals surface area contributed by atoms with Crippen molar-refractivity contribution in [1.82, 2.24) is 4.98 Å². The molecule has 1 aromatic rings. The van der Waals surface area contributed by atoms with Crippen molar-refractivity contribution in [3.05, 3.63) is 23.0 Å². The van der Waals surface area contributed by atoms with Crippen molar-refractivity contribution < 1.29 is 4.74 Å². The lowest BCUT2D eigenvalue weighted by Gasteiger charge is -2.19. The fourth-order valence-corrected chi connectivity index (χ4v) is 3.70. The van der Waals surface area contributed by atoms with Crippen LogP contribution in [0.2, 0.25) is 0 Å². The van der Waals surface area contributed by atoms with Gasteiger partial charge >= 0.3 is 0 Å². The molecule has 3 heteroatoms. The van der Waals surface area contributed by atoms with Crippen molar-refractivity contribution in [3.63, 3.8) is 0 Å². The minimum absolute atomic E-state index is 0.676. The van der Waals surface area contributed by atoms with Crippen LogP contribution in [0.1, 0.15) is 36.6 Å². The molecule has 0 aliphatic heterocycles. The number of rotatable bonds is 3. The highest BCUT2D eigenvalue weighted by molar-refractivity contribution is 9.09. The summed E-state index contributed by atoms with van der Waals surface area (Å²) in [6.45, 7) is 6.52. The van der Waals surface area contributed by atoms with Gasteiger partial charge in [-0.1, -0.05) is 22.9 Å². The third-order valence-electron chi connectivity index (χ3n) is 4.33. The average Bonchev–Trinajstić information content (AvgIpc) is 2.65. The summed E-state index contributed by atoms with van der Waals surface area (Å²) in [5.41, 5.74) is 3.54. The number of methoxy groups -OCH3 is 1. The smallest absolute Gasteiger partial charge is 0.128 e. The van der Waals surface area contributed by atoms with Crippen LogP contribution in [0.3, 0.4) is 0 Å². The van der Waals surface area contributed by atoms with E-state index in [9.17, 15) is 0 Å². The Morgan fingerprint density at radius 1 is 1.39 bits per heavy atom. The molecule has 0 spiro atoms. The fraction of sp³-hybridized carbons (Fsp3) is 0.667. The fourth-order valence-electron chi connectivity index (χ4n) is 3.01. The summed E-state index contributed by atoms with van der Waals surface area (Å²) in [5, 5.41) is 0. The van der Waals surface area contributed by atoms with Crippen LogP contribution in [-0.4, -0.2) is 16.9 Å². The maximum Gasteiger partial charge on any atom is 0.128 e. The Hall–Kier alpha value is -0.570. The first-order chi connectivity index (χ1) is 8.54. The van der Waals surface area contributed by atoms with E-state index in [1.807, 2.05) is 6.20 Å². The van der Waals surface area contributed by atoms with Gasteiger partial charge in [0.15, 0.2) is 0 Å². The van der Waals surface area contributed by atoms with Crippen molar-refractivity contribution in [1.29, 1.82) is 0 Å². The summed E-state index contributed by atoms with van der Waals surface area (Å²) >= 11 is 3.77. The van der Waals surface area contributed by atoms with Crippen LogP contribution in [-0.2, 0) is 6.42 Å². The highest BCUT2D eigenvalue weighted by Crippen LogP contribution is 2.39. The van der Waals surface area contributed by atoms with Gasteiger partial charge in [-0.3, -0.25) is 4.98 Å². The van der Waals surface area contributed by atoms with E-state index in [-0.39, 0.29) is 0 Å². The Kier molecular flexibility index (Phi) is 4.31. The Bertz CT molecular complexity index is 433. The van der Waals surface area contributed by atoms with Gasteiger partial charge in [0.2, 0.25) is 0 Å². The Balaban J connectivity index is 2.20. The van der Waals surface area contributed by atoms with Crippen molar-refractivity contribution >= 4 is 15.9 Å². The monoisotopic (exact) mass is 311 g/mol. The molecule has 0 radical (unpaired) electrons. The molecule has 3 atom stereocenters. The average molecular weight is 312 g/mol. The summed E-state index contributed by atoms with van der Waals surface area (Å²) < 4.78 is 5.48. The zero-order valence-electron chi connectivity index (χ0n) is 11.7. The molecule has 100 valence electrons. The second-order valence-corrected chi connectivity index (χ2v) is 6.64. The van der Waals surface area contributed by atoms with Gasteiger partial charge in [0.25, 0.3) is 0 Å². The first-order valence-corrected chi connectivity index (χ1v) is 7.59. The molecule has 1 aromatic heterocycles. The number of pyridine rings is 1. The standard InChI is InChI=1S/C15H22BrNO/c1-9-8-17-14(11(3)15(9)18-4)7-12-5-6-13(16)10(12)2/h8,10,12-13H,5-7H2,1-4H3. The normalized spacial score (nSPS) is 27.5. The van der Waals surface area contributed by atoms with Crippen LogP contribution in [0.4, 0.5) is 0 Å². The number of ether oxygens (including phenoxy) is 1. The molecule has 1 saturated carbocycles. The molecule has 1 heterocycles. The van der Waals surface area contributed by atoms with Crippen LogP contribution in [0.15, 0.2) is 6.20 Å². The van der Waals surface area contributed by atoms with Gasteiger partial charge < -0.3 is 4.74 Å². The van der Waals surface area contributed by atoms with Crippen LogP contribution in [0.25, 0.3) is 0 Å². The van der Waals surface area contributed by atoms with E-state index >= 15 is 0 Å². The summed E-state index contributed by atoms with van der Waals surface area (Å²) in [6.07, 6.45) is 5.60. The number of alkyl halides is 1. The predicted octanol–water partition coefficient (Wildman–Crippen LogP) is 4.06. The number of aryl methyl sites for hydroxylation is 1. The molecule has 1 fully saturated rings. The number of halogens is 1. The van der Waals surface area contributed by atoms with Crippen LogP contribution in [0.5, 0.6) is 5.75 Å². The minimum atomic E-state index is 0.676. The third-order valence-corrected chi connectivity index (χ3v) is 5.62. The second kappa shape index (κ2) is 5.60. The highest BCUT2D eigenvalue weighted by Gasteiger charge is 2.31. The number of hydrogen-bond donors (Lipinski definition) is 0. The predicted molar refractivity (Wildman–Crippen MR) is 78.6 cm³/mol. The largest absolute Gasteiger partial charge is 0.496 e. The van der Waals surface area contributed by atoms with Crippen molar-refractivity contribution in [2.75, 3.05) is 7.11 Å². The number of aromatic nitrogens is 1. The van der Waals surface area contributed by atoms with E-state index in [0.29, 0.717) is 4.83 Å². The summed E-state index contributed by atoms with van der Waals surface area (Å²) in [7, 11) is 1.74. The molecule has 0 saturated heterocycles. The first kappa shape index (κ1) is 13.9. The lowest BCUT2D eigenvalue weighted by molar-refractivity contribution is 0.399. The van der Waals surface area contributed by atoms with Gasteiger partial charge in [-0.15, -0.1) is 0 Å². The molecule has 18 heavy (non-hydrogen) atoms. The number of nitrogens with zero attached hydrogens (tertiary/aromatic N) is 1. The molecule has 0 amide bonds. The molecular weight excluding hydrogens is 290 g/mol. The molecule has 1 aliphatic rings. The molecule has 0 bridgehead atoms. The van der Waals surface area contributed by atoms with Crippen LogP contribution >= 0.6 is 15.9 Å². The molecule has 1 aliphatic carbocycles. The lowest BCUT2D eigenvalue weighted by atomic mass is 9.91. The quantitative estimate of drug-likeness (QED) is 0.785. The number of hydrogen-bond acceptors (Lipinski definition) is 2. The third kappa shape index (κ3) is 2.56. The maximum absolute atomic E-state index is 5.48. The van der Waals surface area contributed by atoms with Gasteiger partial charge in [0.1, 0.15) is 5.75 Å². The van der Waals surface area contributed by atoms with Gasteiger partial charge in [0.05, 0.1) is 7.11 Å². The second-order valence-electron chi connectivity index (χ2n) is 5.46. The molecule has 2 nitrogen and oxygen atoms in total. The maximum atomic E-state index is 5.48. The van der Waals surface area contributed by atoms with E-state index in [0.717, 1.165) is 29.6 Å². The molecule has 0 aromatic carbocycles. The zero-order chi connectivity index (χ0) is 13.3. The SMILES string of the molecule is COc1c(C)cnc(CC2CCC(Br)C2C)c1C. The topological polar surface area (TPSA) is 22.1 Å². The van der Waals surface area contributed by atoms with Gasteiger partial charge in [-0.2, -0.15) is 0 Å².